The number of nitrogens with zero attached hydrogens (tertiary/aromatic N) is 2. The summed E-state index contributed by atoms with van der Waals surface area (Å²) >= 11 is 0. The number of para-hydroxylation sites is 1. The van der Waals surface area contributed by atoms with Crippen LogP contribution in [-0.4, -0.2) is 24.4 Å². The Morgan fingerprint density at radius 1 is 1.15 bits per heavy atom. The Hall–Kier alpha value is -3.46. The van der Waals surface area contributed by atoms with Crippen molar-refractivity contribution in [1.29, 1.82) is 5.26 Å². The number of carbonyl (C=O) groups excluding carboxylic acids is 3. The summed E-state index contributed by atoms with van der Waals surface area (Å²) in [6, 6.07) is 18.8. The first-order chi connectivity index (χ1) is 13.1. The molecule has 3 rings (SSSR count). The second-order valence-corrected chi connectivity index (χ2v) is 6.17. The van der Waals surface area contributed by atoms with Gasteiger partial charge >= 0.3 is 5.97 Å². The number of nitriles is 1. The number of imide groups is 1. The fourth-order valence-electron chi connectivity index (χ4n) is 3.41. The summed E-state index contributed by atoms with van der Waals surface area (Å²) in [5.41, 5.74) is -1.13. The molecule has 2 aromatic rings. The van der Waals surface area contributed by atoms with Crippen LogP contribution in [0.3, 0.4) is 0 Å². The van der Waals surface area contributed by atoms with Gasteiger partial charge in [-0.3, -0.25) is 14.5 Å². The van der Waals surface area contributed by atoms with Gasteiger partial charge in [0.2, 0.25) is 11.8 Å². The third kappa shape index (κ3) is 2.97. The van der Waals surface area contributed by atoms with E-state index in [0.717, 1.165) is 4.90 Å². The van der Waals surface area contributed by atoms with Crippen LogP contribution in [0.15, 0.2) is 60.7 Å². The minimum Gasteiger partial charge on any atom is -0.465 e. The summed E-state index contributed by atoms with van der Waals surface area (Å²) in [7, 11) is 0. The predicted molar refractivity (Wildman–Crippen MR) is 97.4 cm³/mol. The number of hydrogen-bond donors (Lipinski definition) is 0. The highest BCUT2D eigenvalue weighted by Crippen LogP contribution is 2.41. The third-order valence-electron chi connectivity index (χ3n) is 4.69. The molecule has 1 aliphatic rings. The molecule has 2 amide bonds. The van der Waals surface area contributed by atoms with Crippen LogP contribution in [0, 0.1) is 17.2 Å². The smallest absolute Gasteiger partial charge is 0.331 e. The van der Waals surface area contributed by atoms with E-state index in [0.29, 0.717) is 11.3 Å². The molecule has 1 saturated heterocycles. The number of ether oxygens (including phenoxy) is 1. The molecule has 0 aromatic heterocycles. The van der Waals surface area contributed by atoms with Crippen LogP contribution in [0.5, 0.6) is 0 Å². The standard InChI is InChI=1S/C21H18N2O4/c1-2-27-20(26)21(14-22,15-9-5-3-6-10-15)17-13-18(24)23(19(17)25)16-11-7-4-8-12-16/h3-12,17H,2,13H2,1H3/t17-,21-/m1/s1. The summed E-state index contributed by atoms with van der Waals surface area (Å²) in [6.45, 7) is 1.69. The summed E-state index contributed by atoms with van der Waals surface area (Å²) in [6.07, 6.45) is -0.241. The molecule has 136 valence electrons. The Bertz CT molecular complexity index is 905. The summed E-state index contributed by atoms with van der Waals surface area (Å²) in [5, 5.41) is 10.0. The van der Waals surface area contributed by atoms with E-state index in [9.17, 15) is 19.6 Å². The van der Waals surface area contributed by atoms with Crippen molar-refractivity contribution in [2.45, 2.75) is 18.8 Å². The second kappa shape index (κ2) is 7.42. The van der Waals surface area contributed by atoms with Gasteiger partial charge in [-0.25, -0.2) is 4.79 Å². The molecule has 1 aliphatic heterocycles. The van der Waals surface area contributed by atoms with E-state index < -0.39 is 29.1 Å². The number of anilines is 1. The molecule has 0 saturated carbocycles. The van der Waals surface area contributed by atoms with Gasteiger partial charge in [0.15, 0.2) is 5.41 Å². The first-order valence-electron chi connectivity index (χ1n) is 8.62. The van der Waals surface area contributed by atoms with Gasteiger partial charge in [0.1, 0.15) is 0 Å². The Morgan fingerprint density at radius 2 is 1.74 bits per heavy atom. The number of hydrogen-bond acceptors (Lipinski definition) is 5. The van der Waals surface area contributed by atoms with Crippen molar-refractivity contribution >= 4 is 23.5 Å². The second-order valence-electron chi connectivity index (χ2n) is 6.17. The molecule has 0 N–H and O–H groups in total. The monoisotopic (exact) mass is 362 g/mol. The van der Waals surface area contributed by atoms with E-state index in [1.165, 1.54) is 0 Å². The average molecular weight is 362 g/mol. The van der Waals surface area contributed by atoms with Crippen molar-refractivity contribution in [3.63, 3.8) is 0 Å². The van der Waals surface area contributed by atoms with E-state index >= 15 is 0 Å². The molecule has 0 bridgehead atoms. The Labute approximate surface area is 157 Å². The van der Waals surface area contributed by atoms with Crippen molar-refractivity contribution in [3.8, 4) is 6.07 Å². The molecule has 0 unspecified atom stereocenters. The van der Waals surface area contributed by atoms with Crippen LogP contribution in [0.4, 0.5) is 5.69 Å². The zero-order chi connectivity index (χ0) is 19.4. The molecule has 2 atom stereocenters. The molecule has 0 spiro atoms. The Balaban J connectivity index is 2.11. The summed E-state index contributed by atoms with van der Waals surface area (Å²) in [5.74, 6) is -3.00. The van der Waals surface area contributed by atoms with E-state index in [-0.39, 0.29) is 13.0 Å². The normalized spacial score (nSPS) is 18.7. The van der Waals surface area contributed by atoms with Crippen LogP contribution in [-0.2, 0) is 24.5 Å². The summed E-state index contributed by atoms with van der Waals surface area (Å²) in [4.78, 5) is 39.7. The van der Waals surface area contributed by atoms with Crippen molar-refractivity contribution in [2.75, 3.05) is 11.5 Å². The largest absolute Gasteiger partial charge is 0.465 e. The van der Waals surface area contributed by atoms with Crippen LogP contribution in [0.1, 0.15) is 18.9 Å². The molecule has 2 aromatic carbocycles. The summed E-state index contributed by atoms with van der Waals surface area (Å²) < 4.78 is 5.15. The van der Waals surface area contributed by atoms with Crippen molar-refractivity contribution < 1.29 is 19.1 Å². The minimum absolute atomic E-state index is 0.0619. The van der Waals surface area contributed by atoms with Gasteiger partial charge < -0.3 is 4.74 Å². The number of rotatable bonds is 5. The highest BCUT2D eigenvalue weighted by Gasteiger charge is 2.58. The van der Waals surface area contributed by atoms with Gasteiger partial charge in [0, 0.05) is 6.42 Å². The molecule has 0 radical (unpaired) electrons. The maximum atomic E-state index is 13.2. The molecule has 0 aliphatic carbocycles. The molecule has 6 heteroatoms. The first-order valence-corrected chi connectivity index (χ1v) is 8.62. The van der Waals surface area contributed by atoms with Gasteiger partial charge in [-0.15, -0.1) is 0 Å². The minimum atomic E-state index is -1.88. The van der Waals surface area contributed by atoms with Gasteiger partial charge in [0.25, 0.3) is 0 Å². The lowest BCUT2D eigenvalue weighted by molar-refractivity contribution is -0.151. The molecule has 1 heterocycles. The van der Waals surface area contributed by atoms with E-state index in [1.54, 1.807) is 67.6 Å². The zero-order valence-corrected chi connectivity index (χ0v) is 14.8. The van der Waals surface area contributed by atoms with Crippen molar-refractivity contribution in [1.82, 2.24) is 0 Å². The van der Waals surface area contributed by atoms with Crippen LogP contribution in [0.25, 0.3) is 0 Å². The maximum absolute atomic E-state index is 13.2. The zero-order valence-electron chi connectivity index (χ0n) is 14.8. The lowest BCUT2D eigenvalue weighted by Gasteiger charge is -2.29. The third-order valence-corrected chi connectivity index (χ3v) is 4.69. The van der Waals surface area contributed by atoms with Gasteiger partial charge in [-0.1, -0.05) is 48.5 Å². The fraction of sp³-hybridized carbons (Fsp3) is 0.238. The lowest BCUT2D eigenvalue weighted by atomic mass is 9.70. The predicted octanol–water partition coefficient (Wildman–Crippen LogP) is 2.59. The number of amides is 2. The van der Waals surface area contributed by atoms with E-state index in [4.69, 9.17) is 4.74 Å². The van der Waals surface area contributed by atoms with E-state index in [2.05, 4.69) is 0 Å². The SMILES string of the molecule is CCOC(=O)[C@](C#N)(c1ccccc1)[C@@H]1CC(=O)N(c2ccccc2)C1=O. The van der Waals surface area contributed by atoms with Gasteiger partial charge in [-0.2, -0.15) is 5.26 Å². The first kappa shape index (κ1) is 18.3. The van der Waals surface area contributed by atoms with Crippen LogP contribution in [0.2, 0.25) is 0 Å². The van der Waals surface area contributed by atoms with E-state index in [1.807, 2.05) is 6.07 Å². The lowest BCUT2D eigenvalue weighted by Crippen LogP contribution is -2.47. The quantitative estimate of drug-likeness (QED) is 0.603. The molecular formula is C21H18N2O4. The van der Waals surface area contributed by atoms with Gasteiger partial charge in [-0.05, 0) is 24.6 Å². The highest BCUT2D eigenvalue weighted by molar-refractivity contribution is 6.22. The topological polar surface area (TPSA) is 87.5 Å². The number of esters is 1. The average Bonchev–Trinajstić information content (AvgIpc) is 2.99. The highest BCUT2D eigenvalue weighted by atomic mass is 16.5. The number of benzene rings is 2. The fourth-order valence-corrected chi connectivity index (χ4v) is 3.41. The Morgan fingerprint density at radius 3 is 2.30 bits per heavy atom. The molecule has 1 fully saturated rings. The van der Waals surface area contributed by atoms with Crippen molar-refractivity contribution in [2.24, 2.45) is 5.92 Å². The Kier molecular flexibility index (Phi) is 5.04. The number of carbonyl (C=O) groups is 3. The molecular weight excluding hydrogens is 344 g/mol. The van der Waals surface area contributed by atoms with Crippen molar-refractivity contribution in [3.05, 3.63) is 66.2 Å². The molecule has 27 heavy (non-hydrogen) atoms. The van der Waals surface area contributed by atoms with Crippen LogP contribution < -0.4 is 4.90 Å². The molecule has 6 nitrogen and oxygen atoms in total. The van der Waals surface area contributed by atoms with Gasteiger partial charge in [0.05, 0.1) is 24.3 Å². The van der Waals surface area contributed by atoms with Crippen LogP contribution >= 0.6 is 0 Å². The maximum Gasteiger partial charge on any atom is 0.331 e.